The predicted molar refractivity (Wildman–Crippen MR) is 77.1 cm³/mol. The van der Waals surface area contributed by atoms with Gasteiger partial charge in [-0.3, -0.25) is 0 Å². The molecule has 106 valence electrons. The number of hydrogen-bond donors (Lipinski definition) is 3. The second kappa shape index (κ2) is 5.33. The number of hydrogen-bond acceptors (Lipinski definition) is 5. The Morgan fingerprint density at radius 2 is 2.05 bits per heavy atom. The number of rotatable bonds is 6. The summed E-state index contributed by atoms with van der Waals surface area (Å²) in [6.07, 6.45) is 3.21. The fourth-order valence-electron chi connectivity index (χ4n) is 2.18. The topological polar surface area (TPSA) is 84.1 Å². The van der Waals surface area contributed by atoms with E-state index in [1.807, 2.05) is 6.92 Å². The van der Waals surface area contributed by atoms with Crippen molar-refractivity contribution in [3.05, 3.63) is 11.4 Å². The highest BCUT2D eigenvalue weighted by atomic mass is 16.3. The van der Waals surface area contributed by atoms with Gasteiger partial charge in [0.25, 0.3) is 0 Å². The molecule has 5 heteroatoms. The van der Waals surface area contributed by atoms with Crippen LogP contribution in [0.3, 0.4) is 0 Å². The smallest absolute Gasteiger partial charge is 0.135 e. The van der Waals surface area contributed by atoms with Crippen LogP contribution in [-0.4, -0.2) is 28.2 Å². The molecule has 4 N–H and O–H groups in total. The summed E-state index contributed by atoms with van der Waals surface area (Å²) in [6, 6.07) is 0. The lowest BCUT2D eigenvalue weighted by atomic mass is 10.0. The van der Waals surface area contributed by atoms with Gasteiger partial charge in [-0.05, 0) is 31.6 Å². The molecule has 0 bridgehead atoms. The van der Waals surface area contributed by atoms with Crippen LogP contribution in [0.25, 0.3) is 0 Å². The van der Waals surface area contributed by atoms with Crippen molar-refractivity contribution in [1.29, 1.82) is 0 Å². The summed E-state index contributed by atoms with van der Waals surface area (Å²) in [5.41, 5.74) is 7.11. The summed E-state index contributed by atoms with van der Waals surface area (Å²) in [5, 5.41) is 12.5. The van der Waals surface area contributed by atoms with Gasteiger partial charge in [0.2, 0.25) is 0 Å². The van der Waals surface area contributed by atoms with E-state index in [0.29, 0.717) is 5.82 Å². The second-order valence-electron chi connectivity index (χ2n) is 5.92. The quantitative estimate of drug-likeness (QED) is 0.732. The fraction of sp³-hybridized carbons (Fsp3) is 0.714. The highest BCUT2D eigenvalue weighted by Gasteiger charge is 2.41. The van der Waals surface area contributed by atoms with E-state index in [-0.39, 0.29) is 17.9 Å². The molecule has 1 fully saturated rings. The molecule has 1 saturated carbocycles. The van der Waals surface area contributed by atoms with Gasteiger partial charge >= 0.3 is 0 Å². The zero-order valence-electron chi connectivity index (χ0n) is 12.0. The minimum absolute atomic E-state index is 0.254. The van der Waals surface area contributed by atoms with Crippen LogP contribution in [0.2, 0.25) is 0 Å². The van der Waals surface area contributed by atoms with Crippen LogP contribution >= 0.6 is 0 Å². The Hall–Kier alpha value is -1.36. The molecule has 1 heterocycles. The fourth-order valence-corrected chi connectivity index (χ4v) is 2.18. The van der Waals surface area contributed by atoms with Gasteiger partial charge in [-0.15, -0.1) is 0 Å². The van der Waals surface area contributed by atoms with Crippen molar-refractivity contribution in [2.24, 2.45) is 5.41 Å². The van der Waals surface area contributed by atoms with E-state index in [4.69, 9.17) is 10.8 Å². The summed E-state index contributed by atoms with van der Waals surface area (Å²) in [6.45, 7) is 7.16. The maximum atomic E-state index is 9.08. The predicted octanol–water partition coefficient (Wildman–Crippen LogP) is 2.07. The van der Waals surface area contributed by atoms with E-state index in [0.717, 1.165) is 30.2 Å². The van der Waals surface area contributed by atoms with Gasteiger partial charge in [0.05, 0.1) is 0 Å². The third-order valence-corrected chi connectivity index (χ3v) is 3.95. The van der Waals surface area contributed by atoms with Gasteiger partial charge in [-0.1, -0.05) is 13.8 Å². The van der Waals surface area contributed by atoms with Crippen LogP contribution in [0.1, 0.15) is 50.4 Å². The molecule has 1 aliphatic carbocycles. The zero-order chi connectivity index (χ0) is 14.0. The normalized spacial score (nSPS) is 16.7. The molecular weight excluding hydrogens is 240 g/mol. The average molecular weight is 264 g/mol. The highest BCUT2D eigenvalue weighted by Crippen LogP contribution is 2.48. The first kappa shape index (κ1) is 14.1. The largest absolute Gasteiger partial charge is 0.396 e. The Labute approximate surface area is 114 Å². The van der Waals surface area contributed by atoms with Gasteiger partial charge in [-0.25, -0.2) is 9.97 Å². The molecule has 0 spiro atoms. The molecule has 0 aliphatic heterocycles. The number of aliphatic hydroxyl groups excluding tert-OH is 1. The standard InChI is InChI=1S/C14H24N4O/c1-9(2)12-17-11(15)10(3)13(18-12)16-8-14(4-5-14)6-7-19/h9,19H,4-8H2,1-3H3,(H3,15,16,17,18). The minimum atomic E-state index is 0.254. The third-order valence-electron chi connectivity index (χ3n) is 3.95. The molecule has 2 rings (SSSR count). The van der Waals surface area contributed by atoms with Gasteiger partial charge in [0, 0.05) is 24.6 Å². The van der Waals surface area contributed by atoms with Crippen molar-refractivity contribution in [3.8, 4) is 0 Å². The van der Waals surface area contributed by atoms with Gasteiger partial charge < -0.3 is 16.2 Å². The van der Waals surface area contributed by atoms with E-state index in [2.05, 4.69) is 29.1 Å². The molecule has 0 radical (unpaired) electrons. The Balaban J connectivity index is 2.11. The Morgan fingerprint density at radius 1 is 1.37 bits per heavy atom. The first-order chi connectivity index (χ1) is 8.97. The van der Waals surface area contributed by atoms with Crippen LogP contribution in [-0.2, 0) is 0 Å². The summed E-state index contributed by atoms with van der Waals surface area (Å²) >= 11 is 0. The Morgan fingerprint density at radius 3 is 2.58 bits per heavy atom. The first-order valence-corrected chi connectivity index (χ1v) is 6.96. The summed E-state index contributed by atoms with van der Waals surface area (Å²) in [7, 11) is 0. The SMILES string of the molecule is Cc1c(N)nc(C(C)C)nc1NCC1(CCO)CC1. The Kier molecular flexibility index (Phi) is 3.94. The summed E-state index contributed by atoms with van der Waals surface area (Å²) in [4.78, 5) is 8.87. The summed E-state index contributed by atoms with van der Waals surface area (Å²) < 4.78 is 0. The van der Waals surface area contributed by atoms with Crippen LogP contribution in [0, 0.1) is 12.3 Å². The monoisotopic (exact) mass is 264 g/mol. The summed E-state index contributed by atoms with van der Waals surface area (Å²) in [5.74, 6) is 2.42. The molecule has 1 aliphatic rings. The van der Waals surface area contributed by atoms with Gasteiger partial charge in [-0.2, -0.15) is 0 Å². The lowest BCUT2D eigenvalue weighted by Crippen LogP contribution is -2.19. The molecule has 5 nitrogen and oxygen atoms in total. The van der Waals surface area contributed by atoms with Crippen molar-refractivity contribution in [2.45, 2.75) is 46.0 Å². The molecule has 0 saturated heterocycles. The maximum Gasteiger partial charge on any atom is 0.135 e. The maximum absolute atomic E-state index is 9.08. The van der Waals surface area contributed by atoms with Crippen LogP contribution < -0.4 is 11.1 Å². The van der Waals surface area contributed by atoms with Crippen LogP contribution in [0.15, 0.2) is 0 Å². The highest BCUT2D eigenvalue weighted by molar-refractivity contribution is 5.55. The molecule has 0 atom stereocenters. The van der Waals surface area contributed by atoms with E-state index in [1.54, 1.807) is 0 Å². The third kappa shape index (κ3) is 3.15. The van der Waals surface area contributed by atoms with Gasteiger partial charge in [0.15, 0.2) is 0 Å². The lowest BCUT2D eigenvalue weighted by molar-refractivity contribution is 0.253. The Bertz CT molecular complexity index is 455. The molecule has 19 heavy (non-hydrogen) atoms. The number of nitrogen functional groups attached to an aromatic ring is 1. The zero-order valence-corrected chi connectivity index (χ0v) is 12.0. The van der Waals surface area contributed by atoms with Crippen molar-refractivity contribution in [2.75, 3.05) is 24.2 Å². The lowest BCUT2D eigenvalue weighted by Gasteiger charge is -2.18. The molecule has 0 aromatic carbocycles. The minimum Gasteiger partial charge on any atom is -0.396 e. The number of nitrogens with two attached hydrogens (primary N) is 1. The first-order valence-electron chi connectivity index (χ1n) is 6.96. The second-order valence-corrected chi connectivity index (χ2v) is 5.92. The number of anilines is 2. The number of aromatic nitrogens is 2. The number of nitrogens with zero attached hydrogens (tertiary/aromatic N) is 2. The van der Waals surface area contributed by atoms with Crippen molar-refractivity contribution >= 4 is 11.6 Å². The molecule has 1 aromatic heterocycles. The number of aliphatic hydroxyl groups is 1. The van der Waals surface area contributed by atoms with Gasteiger partial charge in [0.1, 0.15) is 17.5 Å². The van der Waals surface area contributed by atoms with E-state index < -0.39 is 0 Å². The van der Waals surface area contributed by atoms with E-state index in [1.165, 1.54) is 12.8 Å². The van der Waals surface area contributed by atoms with Crippen molar-refractivity contribution in [3.63, 3.8) is 0 Å². The van der Waals surface area contributed by atoms with Crippen molar-refractivity contribution in [1.82, 2.24) is 9.97 Å². The molecule has 1 aromatic rings. The van der Waals surface area contributed by atoms with Crippen molar-refractivity contribution < 1.29 is 5.11 Å². The van der Waals surface area contributed by atoms with Crippen LogP contribution in [0.4, 0.5) is 11.6 Å². The number of nitrogens with one attached hydrogen (secondary N) is 1. The molecule has 0 amide bonds. The molecular formula is C14H24N4O. The van der Waals surface area contributed by atoms with E-state index >= 15 is 0 Å². The van der Waals surface area contributed by atoms with E-state index in [9.17, 15) is 0 Å². The van der Waals surface area contributed by atoms with Crippen LogP contribution in [0.5, 0.6) is 0 Å². The molecule has 0 unspecified atom stereocenters. The average Bonchev–Trinajstić information content (AvgIpc) is 3.11.